The number of carbonyl (C=O) groups excluding carboxylic acids is 1. The van der Waals surface area contributed by atoms with Crippen LogP contribution in [0.2, 0.25) is 0 Å². The number of hydrogen-bond donors (Lipinski definition) is 4. The van der Waals surface area contributed by atoms with Crippen molar-refractivity contribution in [2.75, 3.05) is 18.4 Å². The molecule has 182 valence electrons. The standard InChI is InChI=1S/C20H22FN5O.C2HF3O2/c21-15-4-1-3-13(9-15)19(22)20(27)26-8-2-5-17(12-26)24-16-6-7-18-14(10-16)11-23-25-18;3-2(4,5)1(6)7/h1,3-4,6-7,9-11,17,19,24H,2,5,8,12,22H2,(H,23,25);(H,6,7). The van der Waals surface area contributed by atoms with E-state index in [1.807, 2.05) is 18.2 Å². The second-order valence-electron chi connectivity index (χ2n) is 7.78. The lowest BCUT2D eigenvalue weighted by molar-refractivity contribution is -0.192. The Hall–Kier alpha value is -3.67. The first-order chi connectivity index (χ1) is 16.0. The van der Waals surface area contributed by atoms with Crippen LogP contribution in [0.25, 0.3) is 10.9 Å². The van der Waals surface area contributed by atoms with Gasteiger partial charge in [0.05, 0.1) is 11.7 Å². The van der Waals surface area contributed by atoms with E-state index in [0.29, 0.717) is 18.7 Å². The molecule has 2 unspecified atom stereocenters. The number of nitrogens with zero attached hydrogens (tertiary/aromatic N) is 2. The van der Waals surface area contributed by atoms with Gasteiger partial charge in [0, 0.05) is 30.2 Å². The molecule has 3 aromatic rings. The van der Waals surface area contributed by atoms with Crippen molar-refractivity contribution in [2.45, 2.75) is 31.1 Å². The van der Waals surface area contributed by atoms with Gasteiger partial charge in [-0.3, -0.25) is 9.89 Å². The van der Waals surface area contributed by atoms with Gasteiger partial charge in [-0.25, -0.2) is 9.18 Å². The van der Waals surface area contributed by atoms with E-state index in [-0.39, 0.29) is 17.8 Å². The number of carbonyl (C=O) groups is 2. The number of H-pyrrole nitrogens is 1. The lowest BCUT2D eigenvalue weighted by Crippen LogP contribution is -2.48. The van der Waals surface area contributed by atoms with Crippen molar-refractivity contribution >= 4 is 28.5 Å². The van der Waals surface area contributed by atoms with Gasteiger partial charge in [-0.2, -0.15) is 18.3 Å². The van der Waals surface area contributed by atoms with Crippen LogP contribution in [0.1, 0.15) is 24.4 Å². The molecule has 0 bridgehead atoms. The predicted molar refractivity (Wildman–Crippen MR) is 116 cm³/mol. The number of rotatable bonds is 4. The van der Waals surface area contributed by atoms with Crippen molar-refractivity contribution in [3.8, 4) is 0 Å². The number of halogens is 4. The topological polar surface area (TPSA) is 124 Å². The molecule has 2 atom stereocenters. The van der Waals surface area contributed by atoms with Gasteiger partial charge in [-0.05, 0) is 48.7 Å². The van der Waals surface area contributed by atoms with Crippen molar-refractivity contribution in [3.63, 3.8) is 0 Å². The van der Waals surface area contributed by atoms with Crippen LogP contribution in [0.15, 0.2) is 48.7 Å². The van der Waals surface area contributed by atoms with Gasteiger partial charge in [-0.15, -0.1) is 0 Å². The number of aromatic amines is 1. The van der Waals surface area contributed by atoms with Crippen LogP contribution in [0.4, 0.5) is 23.2 Å². The zero-order chi connectivity index (χ0) is 24.9. The smallest absolute Gasteiger partial charge is 0.475 e. The van der Waals surface area contributed by atoms with Gasteiger partial charge >= 0.3 is 12.1 Å². The highest BCUT2D eigenvalue weighted by Gasteiger charge is 2.38. The summed E-state index contributed by atoms with van der Waals surface area (Å²) in [6.45, 7) is 1.24. The van der Waals surface area contributed by atoms with Crippen LogP contribution < -0.4 is 11.1 Å². The molecule has 2 aromatic carbocycles. The summed E-state index contributed by atoms with van der Waals surface area (Å²) in [5.74, 6) is -3.31. The number of alkyl halides is 3. The minimum atomic E-state index is -5.08. The average molecular weight is 481 g/mol. The quantitative estimate of drug-likeness (QED) is 0.423. The number of anilines is 1. The number of hydrogen-bond acceptors (Lipinski definition) is 5. The van der Waals surface area contributed by atoms with Gasteiger partial charge < -0.3 is 21.1 Å². The van der Waals surface area contributed by atoms with E-state index in [9.17, 15) is 22.4 Å². The Morgan fingerprint density at radius 1 is 1.24 bits per heavy atom. The Bertz CT molecular complexity index is 1150. The molecule has 4 rings (SSSR count). The monoisotopic (exact) mass is 481 g/mol. The molecule has 2 heterocycles. The molecule has 12 heteroatoms. The van der Waals surface area contributed by atoms with Crippen LogP contribution in [0, 0.1) is 5.82 Å². The SMILES string of the molecule is NC(C(=O)N1CCCC(Nc2ccc3[nH]ncc3c2)C1)c1cccc(F)c1.O=C(O)C(F)(F)F. The van der Waals surface area contributed by atoms with Gasteiger partial charge in [0.1, 0.15) is 11.9 Å². The largest absolute Gasteiger partial charge is 0.490 e. The molecule has 0 aliphatic carbocycles. The Labute approximate surface area is 191 Å². The summed E-state index contributed by atoms with van der Waals surface area (Å²) in [4.78, 5) is 23.5. The summed E-state index contributed by atoms with van der Waals surface area (Å²) in [6.07, 6.45) is -1.43. The first-order valence-electron chi connectivity index (χ1n) is 10.3. The summed E-state index contributed by atoms with van der Waals surface area (Å²) in [6, 6.07) is 11.2. The summed E-state index contributed by atoms with van der Waals surface area (Å²) in [5.41, 5.74) is 8.58. The van der Waals surface area contributed by atoms with E-state index in [0.717, 1.165) is 29.4 Å². The summed E-state index contributed by atoms with van der Waals surface area (Å²) in [5, 5.41) is 18.6. The summed E-state index contributed by atoms with van der Waals surface area (Å²) in [7, 11) is 0. The molecule has 1 amide bonds. The third-order valence-corrected chi connectivity index (χ3v) is 5.26. The third-order valence-electron chi connectivity index (χ3n) is 5.26. The van der Waals surface area contributed by atoms with E-state index in [1.165, 1.54) is 12.1 Å². The molecule has 1 aromatic heterocycles. The highest BCUT2D eigenvalue weighted by molar-refractivity contribution is 5.83. The van der Waals surface area contributed by atoms with Crippen molar-refractivity contribution in [2.24, 2.45) is 5.73 Å². The third kappa shape index (κ3) is 6.44. The van der Waals surface area contributed by atoms with Crippen molar-refractivity contribution in [1.29, 1.82) is 0 Å². The van der Waals surface area contributed by atoms with Crippen molar-refractivity contribution in [3.05, 3.63) is 60.0 Å². The Balaban J connectivity index is 0.000000406. The maximum absolute atomic E-state index is 13.4. The number of amides is 1. The average Bonchev–Trinajstić information content (AvgIpc) is 3.26. The molecule has 1 aliphatic heterocycles. The highest BCUT2D eigenvalue weighted by atomic mass is 19.4. The second kappa shape index (κ2) is 10.5. The number of nitrogens with two attached hydrogens (primary N) is 1. The number of aliphatic carboxylic acids is 1. The van der Waals surface area contributed by atoms with Crippen LogP contribution in [-0.4, -0.2) is 57.4 Å². The molecule has 8 nitrogen and oxygen atoms in total. The van der Waals surface area contributed by atoms with E-state index in [2.05, 4.69) is 15.5 Å². The van der Waals surface area contributed by atoms with Gasteiger partial charge in [0.2, 0.25) is 5.91 Å². The first kappa shape index (κ1) is 25.0. The molecule has 1 saturated heterocycles. The molecular formula is C22H23F4N5O3. The Morgan fingerprint density at radius 3 is 2.65 bits per heavy atom. The molecule has 34 heavy (non-hydrogen) atoms. The van der Waals surface area contributed by atoms with Crippen LogP contribution in [-0.2, 0) is 9.59 Å². The van der Waals surface area contributed by atoms with E-state index in [1.54, 1.807) is 23.2 Å². The fourth-order valence-corrected chi connectivity index (χ4v) is 3.60. The number of nitrogens with one attached hydrogen (secondary N) is 2. The second-order valence-corrected chi connectivity index (χ2v) is 7.78. The molecule has 0 radical (unpaired) electrons. The van der Waals surface area contributed by atoms with Crippen molar-refractivity contribution in [1.82, 2.24) is 15.1 Å². The number of likely N-dealkylation sites (tertiary alicyclic amines) is 1. The van der Waals surface area contributed by atoms with Crippen LogP contribution in [0.5, 0.6) is 0 Å². The zero-order valence-electron chi connectivity index (χ0n) is 17.8. The molecular weight excluding hydrogens is 458 g/mol. The fourth-order valence-electron chi connectivity index (χ4n) is 3.60. The molecule has 1 aliphatic rings. The molecule has 1 fully saturated rings. The number of carboxylic acids is 1. The number of benzene rings is 2. The minimum absolute atomic E-state index is 0.145. The van der Waals surface area contributed by atoms with E-state index < -0.39 is 18.2 Å². The number of piperidine rings is 1. The Morgan fingerprint density at radius 2 is 1.97 bits per heavy atom. The fraction of sp³-hybridized carbons (Fsp3) is 0.318. The van der Waals surface area contributed by atoms with E-state index >= 15 is 0 Å². The van der Waals surface area contributed by atoms with E-state index in [4.69, 9.17) is 15.6 Å². The molecule has 0 saturated carbocycles. The lowest BCUT2D eigenvalue weighted by Gasteiger charge is -2.35. The normalized spacial score (nSPS) is 17.0. The minimum Gasteiger partial charge on any atom is -0.475 e. The highest BCUT2D eigenvalue weighted by Crippen LogP contribution is 2.22. The van der Waals surface area contributed by atoms with Crippen molar-refractivity contribution < 1.29 is 32.3 Å². The number of aromatic nitrogens is 2. The molecule has 5 N–H and O–H groups in total. The zero-order valence-corrected chi connectivity index (χ0v) is 17.8. The van der Waals surface area contributed by atoms with Crippen LogP contribution in [0.3, 0.4) is 0 Å². The van der Waals surface area contributed by atoms with Gasteiger partial charge in [0.25, 0.3) is 0 Å². The van der Waals surface area contributed by atoms with Gasteiger partial charge in [-0.1, -0.05) is 12.1 Å². The maximum atomic E-state index is 13.4. The first-order valence-corrected chi connectivity index (χ1v) is 10.3. The summed E-state index contributed by atoms with van der Waals surface area (Å²) >= 11 is 0. The molecule has 0 spiro atoms. The maximum Gasteiger partial charge on any atom is 0.490 e. The lowest BCUT2D eigenvalue weighted by atomic mass is 10.0. The summed E-state index contributed by atoms with van der Waals surface area (Å²) < 4.78 is 45.2. The van der Waals surface area contributed by atoms with Gasteiger partial charge in [0.15, 0.2) is 0 Å². The predicted octanol–water partition coefficient (Wildman–Crippen LogP) is 3.44. The Kier molecular flexibility index (Phi) is 7.72. The number of fused-ring (bicyclic) bond motifs is 1. The van der Waals surface area contributed by atoms with Crippen LogP contribution >= 0.6 is 0 Å². The number of carboxylic acid groups (broad SMARTS) is 1.